The summed E-state index contributed by atoms with van der Waals surface area (Å²) >= 11 is 0. The summed E-state index contributed by atoms with van der Waals surface area (Å²) in [5.74, 6) is 0.400. The zero-order valence-corrected chi connectivity index (χ0v) is 15.4. The van der Waals surface area contributed by atoms with Crippen molar-refractivity contribution in [3.05, 3.63) is 29.3 Å². The molecule has 0 aliphatic carbocycles. The van der Waals surface area contributed by atoms with Gasteiger partial charge in [-0.15, -0.1) is 12.4 Å². The first-order valence-corrected chi connectivity index (χ1v) is 9.85. The lowest BCUT2D eigenvalue weighted by atomic mass is 10.0. The molecule has 0 saturated carbocycles. The van der Waals surface area contributed by atoms with Crippen LogP contribution in [0, 0.1) is 5.92 Å². The van der Waals surface area contributed by atoms with Crippen LogP contribution in [0.3, 0.4) is 0 Å². The number of amides is 1. The van der Waals surface area contributed by atoms with Gasteiger partial charge in [0.2, 0.25) is 10.0 Å². The van der Waals surface area contributed by atoms with E-state index in [1.165, 1.54) is 10.6 Å². The molecule has 0 radical (unpaired) electrons. The van der Waals surface area contributed by atoms with E-state index in [0.717, 1.165) is 31.4 Å². The molecular weight excluding hydrogens is 350 g/mol. The van der Waals surface area contributed by atoms with Crippen LogP contribution >= 0.6 is 12.4 Å². The van der Waals surface area contributed by atoms with E-state index < -0.39 is 10.0 Å². The van der Waals surface area contributed by atoms with Gasteiger partial charge in [0.05, 0.1) is 11.9 Å². The highest BCUT2D eigenvalue weighted by Gasteiger charge is 2.28. The second-order valence-electron chi connectivity index (χ2n) is 6.42. The van der Waals surface area contributed by atoms with Gasteiger partial charge in [0.25, 0.3) is 5.91 Å². The highest BCUT2D eigenvalue weighted by molar-refractivity contribution is 7.92. The number of hydrogen-bond donors (Lipinski definition) is 1. The Balaban J connectivity index is 0.00000208. The Labute approximate surface area is 149 Å². The number of hydrogen-bond acceptors (Lipinski definition) is 4. The number of sulfonamides is 1. The van der Waals surface area contributed by atoms with E-state index in [0.29, 0.717) is 36.8 Å². The maximum atomic E-state index is 12.6. The van der Waals surface area contributed by atoms with Gasteiger partial charge in [0, 0.05) is 25.2 Å². The van der Waals surface area contributed by atoms with Gasteiger partial charge in [0.15, 0.2) is 0 Å². The Morgan fingerprint density at radius 3 is 2.71 bits per heavy atom. The lowest BCUT2D eigenvalue weighted by Crippen LogP contribution is -2.35. The molecule has 1 aromatic rings. The minimum absolute atomic E-state index is 0. The van der Waals surface area contributed by atoms with Crippen molar-refractivity contribution >= 4 is 34.0 Å². The topological polar surface area (TPSA) is 83.7 Å². The SMILES string of the molecule is CS(=O)(=O)N1CCCc2cc(C(=O)N3CCC(CN)C3)ccc21.Cl. The van der Waals surface area contributed by atoms with Gasteiger partial charge in [-0.1, -0.05) is 0 Å². The van der Waals surface area contributed by atoms with Crippen molar-refractivity contribution in [1.29, 1.82) is 0 Å². The summed E-state index contributed by atoms with van der Waals surface area (Å²) in [6.07, 6.45) is 3.75. The number of rotatable bonds is 3. The lowest BCUT2D eigenvalue weighted by Gasteiger charge is -2.29. The van der Waals surface area contributed by atoms with Gasteiger partial charge >= 0.3 is 0 Å². The van der Waals surface area contributed by atoms with Crippen LogP contribution in [0.4, 0.5) is 5.69 Å². The monoisotopic (exact) mass is 373 g/mol. The highest BCUT2D eigenvalue weighted by atomic mass is 35.5. The minimum atomic E-state index is -3.27. The summed E-state index contributed by atoms with van der Waals surface area (Å²) in [5, 5.41) is 0. The molecule has 1 amide bonds. The summed E-state index contributed by atoms with van der Waals surface area (Å²) in [6.45, 7) is 2.57. The molecule has 8 heteroatoms. The molecule has 2 aliphatic heterocycles. The van der Waals surface area contributed by atoms with E-state index in [2.05, 4.69) is 0 Å². The molecule has 2 aliphatic rings. The van der Waals surface area contributed by atoms with Gasteiger partial charge in [-0.25, -0.2) is 8.42 Å². The molecule has 6 nitrogen and oxygen atoms in total. The molecule has 2 N–H and O–H groups in total. The number of likely N-dealkylation sites (tertiary alicyclic amines) is 1. The van der Waals surface area contributed by atoms with Crippen molar-refractivity contribution in [2.24, 2.45) is 11.7 Å². The zero-order valence-electron chi connectivity index (χ0n) is 13.8. The van der Waals surface area contributed by atoms with Gasteiger partial charge in [-0.05, 0) is 55.5 Å². The fourth-order valence-corrected chi connectivity index (χ4v) is 4.43. The van der Waals surface area contributed by atoms with E-state index in [-0.39, 0.29) is 18.3 Å². The molecule has 1 aromatic carbocycles. The van der Waals surface area contributed by atoms with E-state index >= 15 is 0 Å². The molecule has 24 heavy (non-hydrogen) atoms. The molecule has 0 bridgehead atoms. The van der Waals surface area contributed by atoms with Crippen molar-refractivity contribution in [3.8, 4) is 0 Å². The summed E-state index contributed by atoms with van der Waals surface area (Å²) < 4.78 is 25.2. The van der Waals surface area contributed by atoms with Gasteiger partial charge in [-0.3, -0.25) is 9.10 Å². The normalized spacial score (nSPS) is 20.5. The maximum absolute atomic E-state index is 12.6. The van der Waals surface area contributed by atoms with Gasteiger partial charge in [-0.2, -0.15) is 0 Å². The number of nitrogens with two attached hydrogens (primary N) is 1. The van der Waals surface area contributed by atoms with Crippen molar-refractivity contribution in [3.63, 3.8) is 0 Å². The molecule has 1 saturated heterocycles. The van der Waals surface area contributed by atoms with E-state index in [1.807, 2.05) is 11.0 Å². The number of carbonyl (C=O) groups is 1. The number of fused-ring (bicyclic) bond motifs is 1. The van der Waals surface area contributed by atoms with Crippen LogP contribution in [0.5, 0.6) is 0 Å². The average molecular weight is 374 g/mol. The van der Waals surface area contributed by atoms with Crippen LogP contribution in [0.2, 0.25) is 0 Å². The molecule has 3 rings (SSSR count). The van der Waals surface area contributed by atoms with Crippen LogP contribution in [0.1, 0.15) is 28.8 Å². The molecule has 1 fully saturated rings. The number of anilines is 1. The molecule has 2 heterocycles. The van der Waals surface area contributed by atoms with Crippen LogP contribution in [-0.2, 0) is 16.4 Å². The van der Waals surface area contributed by atoms with E-state index in [4.69, 9.17) is 5.73 Å². The van der Waals surface area contributed by atoms with Crippen molar-refractivity contribution in [2.45, 2.75) is 19.3 Å². The largest absolute Gasteiger partial charge is 0.338 e. The fourth-order valence-electron chi connectivity index (χ4n) is 3.43. The Morgan fingerprint density at radius 2 is 2.08 bits per heavy atom. The number of halogens is 1. The van der Waals surface area contributed by atoms with Crippen molar-refractivity contribution in [2.75, 3.05) is 36.7 Å². The Bertz CT molecular complexity index is 723. The first-order chi connectivity index (χ1) is 10.9. The van der Waals surface area contributed by atoms with Gasteiger partial charge < -0.3 is 10.6 Å². The molecular formula is C16H24ClN3O3S. The molecule has 134 valence electrons. The molecule has 0 spiro atoms. The summed E-state index contributed by atoms with van der Waals surface area (Å²) in [7, 11) is -3.27. The maximum Gasteiger partial charge on any atom is 0.253 e. The summed E-state index contributed by atoms with van der Waals surface area (Å²) in [6, 6.07) is 5.35. The molecule has 0 aromatic heterocycles. The smallest absolute Gasteiger partial charge is 0.253 e. The van der Waals surface area contributed by atoms with Crippen LogP contribution < -0.4 is 10.0 Å². The highest BCUT2D eigenvalue weighted by Crippen LogP contribution is 2.30. The molecule has 1 atom stereocenters. The van der Waals surface area contributed by atoms with Crippen LogP contribution in [0.25, 0.3) is 0 Å². The third kappa shape index (κ3) is 3.68. The minimum Gasteiger partial charge on any atom is -0.338 e. The Kier molecular flexibility index (Phi) is 5.78. The number of benzene rings is 1. The third-order valence-corrected chi connectivity index (χ3v) is 5.89. The summed E-state index contributed by atoms with van der Waals surface area (Å²) in [5.41, 5.74) is 7.96. The van der Waals surface area contributed by atoms with E-state index in [9.17, 15) is 13.2 Å². The third-order valence-electron chi connectivity index (χ3n) is 4.71. The predicted octanol–water partition coefficient (Wildman–Crippen LogP) is 1.24. The quantitative estimate of drug-likeness (QED) is 0.864. The fraction of sp³-hybridized carbons (Fsp3) is 0.562. The van der Waals surface area contributed by atoms with E-state index in [1.54, 1.807) is 12.1 Å². The number of nitrogens with zero attached hydrogens (tertiary/aromatic N) is 2. The predicted molar refractivity (Wildman–Crippen MR) is 97.3 cm³/mol. The van der Waals surface area contributed by atoms with Crippen LogP contribution in [-0.4, -0.2) is 51.7 Å². The van der Waals surface area contributed by atoms with Gasteiger partial charge in [0.1, 0.15) is 0 Å². The number of carbonyl (C=O) groups excluding carboxylic acids is 1. The first-order valence-electron chi connectivity index (χ1n) is 8.00. The summed E-state index contributed by atoms with van der Waals surface area (Å²) in [4.78, 5) is 14.5. The Hall–Kier alpha value is -1.31. The lowest BCUT2D eigenvalue weighted by molar-refractivity contribution is 0.0787. The Morgan fingerprint density at radius 1 is 1.33 bits per heavy atom. The zero-order chi connectivity index (χ0) is 16.6. The number of aryl methyl sites for hydroxylation is 1. The molecule has 1 unspecified atom stereocenters. The first kappa shape index (κ1) is 19.0. The van der Waals surface area contributed by atoms with Crippen LogP contribution in [0.15, 0.2) is 18.2 Å². The second kappa shape index (κ2) is 7.29. The standard InChI is InChI=1S/C16H23N3O3S.ClH/c1-23(21,22)19-7-2-3-13-9-14(4-5-15(13)19)16(20)18-8-6-12(10-17)11-18;/h4-5,9,12H,2-3,6-8,10-11,17H2,1H3;1H. The van der Waals surface area contributed by atoms with Crippen molar-refractivity contribution in [1.82, 2.24) is 4.90 Å². The second-order valence-corrected chi connectivity index (χ2v) is 8.33. The van der Waals surface area contributed by atoms with Crippen molar-refractivity contribution < 1.29 is 13.2 Å². The average Bonchev–Trinajstić information content (AvgIpc) is 3.01.